The molecule has 0 aliphatic rings. The highest BCUT2D eigenvalue weighted by Gasteiger charge is 2.16. The number of aryl methyl sites for hydroxylation is 2. The van der Waals surface area contributed by atoms with Gasteiger partial charge in [0.05, 0.1) is 0 Å². The summed E-state index contributed by atoms with van der Waals surface area (Å²) < 4.78 is 43.6. The average Bonchev–Trinajstić information content (AvgIpc) is 2.83. The van der Waals surface area contributed by atoms with Crippen LogP contribution in [-0.4, -0.2) is 0 Å². The van der Waals surface area contributed by atoms with E-state index in [1.54, 1.807) is 37.3 Å². The van der Waals surface area contributed by atoms with Crippen molar-refractivity contribution in [1.82, 2.24) is 0 Å². The zero-order valence-electron chi connectivity index (χ0n) is 18.7. The maximum atomic E-state index is 14.9. The fraction of sp³-hybridized carbons (Fsp3) is 0.133. The second-order valence-electron chi connectivity index (χ2n) is 8.20. The monoisotopic (exact) mass is 442 g/mol. The molecule has 0 unspecified atom stereocenters. The summed E-state index contributed by atoms with van der Waals surface area (Å²) in [4.78, 5) is 0. The fourth-order valence-electron chi connectivity index (χ4n) is 3.81. The molecule has 0 nitrogen and oxygen atoms in total. The Kier molecular flexibility index (Phi) is 6.79. The fourth-order valence-corrected chi connectivity index (χ4v) is 3.81. The molecule has 0 amide bonds. The Morgan fingerprint density at radius 2 is 1.15 bits per heavy atom. The van der Waals surface area contributed by atoms with E-state index in [4.69, 9.17) is 0 Å². The third-order valence-electron chi connectivity index (χ3n) is 5.77. The van der Waals surface area contributed by atoms with Gasteiger partial charge in [-0.2, -0.15) is 0 Å². The van der Waals surface area contributed by atoms with E-state index in [2.05, 4.69) is 6.92 Å². The van der Waals surface area contributed by atoms with Crippen molar-refractivity contribution < 1.29 is 13.2 Å². The summed E-state index contributed by atoms with van der Waals surface area (Å²) in [6, 6.07) is 23.1. The third-order valence-corrected chi connectivity index (χ3v) is 5.77. The maximum Gasteiger partial charge on any atom is 0.167 e. The van der Waals surface area contributed by atoms with E-state index in [0.717, 1.165) is 24.0 Å². The molecule has 0 saturated heterocycles. The van der Waals surface area contributed by atoms with Gasteiger partial charge in [0.1, 0.15) is 5.82 Å². The number of hydrogen-bond acceptors (Lipinski definition) is 0. The smallest absolute Gasteiger partial charge is 0.167 e. The van der Waals surface area contributed by atoms with Crippen molar-refractivity contribution in [2.24, 2.45) is 0 Å². The van der Waals surface area contributed by atoms with Crippen molar-refractivity contribution in [1.29, 1.82) is 0 Å². The molecule has 0 aliphatic carbocycles. The van der Waals surface area contributed by atoms with E-state index in [1.807, 2.05) is 54.6 Å². The summed E-state index contributed by atoms with van der Waals surface area (Å²) in [5.41, 5.74) is 5.14. The Morgan fingerprint density at radius 3 is 1.70 bits per heavy atom. The number of halogens is 3. The largest absolute Gasteiger partial charge is 0.207 e. The van der Waals surface area contributed by atoms with Gasteiger partial charge in [-0.1, -0.05) is 98.3 Å². The summed E-state index contributed by atoms with van der Waals surface area (Å²) in [7, 11) is 0. The first-order valence-corrected chi connectivity index (χ1v) is 11.1. The average molecular weight is 443 g/mol. The van der Waals surface area contributed by atoms with Gasteiger partial charge in [0.2, 0.25) is 0 Å². The minimum Gasteiger partial charge on any atom is -0.207 e. The molecule has 0 aromatic heterocycles. The molecule has 3 heteroatoms. The van der Waals surface area contributed by atoms with Crippen molar-refractivity contribution in [3.8, 4) is 22.3 Å². The number of hydrogen-bond donors (Lipinski definition) is 0. The van der Waals surface area contributed by atoms with Gasteiger partial charge >= 0.3 is 0 Å². The lowest BCUT2D eigenvalue weighted by Gasteiger charge is -2.10. The minimum atomic E-state index is -0.858. The predicted molar refractivity (Wildman–Crippen MR) is 131 cm³/mol. The lowest BCUT2D eigenvalue weighted by molar-refractivity contribution is 0.514. The van der Waals surface area contributed by atoms with Crippen molar-refractivity contribution in [3.05, 3.63) is 119 Å². The molecule has 0 bridgehead atoms. The molecule has 0 radical (unpaired) electrons. The summed E-state index contributed by atoms with van der Waals surface area (Å²) in [5.74, 6) is -1.95. The summed E-state index contributed by atoms with van der Waals surface area (Å²) in [6.45, 7) is 3.83. The second-order valence-corrected chi connectivity index (χ2v) is 8.20. The van der Waals surface area contributed by atoms with Crippen molar-refractivity contribution in [2.45, 2.75) is 26.7 Å². The van der Waals surface area contributed by atoms with Crippen LogP contribution in [0.1, 0.15) is 35.6 Å². The van der Waals surface area contributed by atoms with Crippen LogP contribution in [0.25, 0.3) is 34.4 Å². The van der Waals surface area contributed by atoms with E-state index in [9.17, 15) is 13.2 Å². The van der Waals surface area contributed by atoms with E-state index < -0.39 is 11.6 Å². The van der Waals surface area contributed by atoms with Crippen LogP contribution in [-0.2, 0) is 6.42 Å². The second kappa shape index (κ2) is 9.91. The summed E-state index contributed by atoms with van der Waals surface area (Å²) >= 11 is 0. The van der Waals surface area contributed by atoms with Gasteiger partial charge in [-0.3, -0.25) is 0 Å². The molecule has 0 spiro atoms. The van der Waals surface area contributed by atoms with Gasteiger partial charge in [0, 0.05) is 11.1 Å². The van der Waals surface area contributed by atoms with Gasteiger partial charge in [-0.05, 0) is 52.8 Å². The SMILES string of the molecule is CCCc1ccc(-c2ccc(-c3ccc(/C=C/c4ccc(C)c(F)c4)cc3)c(F)c2F)cc1. The van der Waals surface area contributed by atoms with Crippen LogP contribution in [0.15, 0.2) is 78.9 Å². The zero-order valence-corrected chi connectivity index (χ0v) is 18.7. The third kappa shape index (κ3) is 5.09. The lowest BCUT2D eigenvalue weighted by Crippen LogP contribution is -1.94. The van der Waals surface area contributed by atoms with Crippen LogP contribution in [0, 0.1) is 24.4 Å². The van der Waals surface area contributed by atoms with Crippen molar-refractivity contribution in [2.75, 3.05) is 0 Å². The highest BCUT2D eigenvalue weighted by atomic mass is 19.2. The van der Waals surface area contributed by atoms with E-state index in [-0.39, 0.29) is 16.9 Å². The standard InChI is InChI=1S/C30H25F3/c1-3-4-21-9-13-24(14-10-21)26-17-18-27(30(33)29(26)32)25-15-11-22(12-16-25)7-8-23-6-5-20(2)28(31)19-23/h5-19H,3-4H2,1-2H3/b8-7+. The lowest BCUT2D eigenvalue weighted by atomic mass is 9.97. The van der Waals surface area contributed by atoms with Crippen molar-refractivity contribution >= 4 is 12.2 Å². The van der Waals surface area contributed by atoms with Gasteiger partial charge < -0.3 is 0 Å². The Labute approximate surface area is 193 Å². The van der Waals surface area contributed by atoms with Crippen LogP contribution >= 0.6 is 0 Å². The first kappa shape index (κ1) is 22.6. The minimum absolute atomic E-state index is 0.218. The molecule has 0 heterocycles. The Bertz CT molecular complexity index is 1280. The van der Waals surface area contributed by atoms with Gasteiger partial charge in [-0.25, -0.2) is 13.2 Å². The molecular weight excluding hydrogens is 417 g/mol. The normalized spacial score (nSPS) is 11.3. The molecule has 0 aliphatic heterocycles. The van der Waals surface area contributed by atoms with Gasteiger partial charge in [0.25, 0.3) is 0 Å². The highest BCUT2D eigenvalue weighted by Crippen LogP contribution is 2.32. The first-order chi connectivity index (χ1) is 16.0. The van der Waals surface area contributed by atoms with Gasteiger partial charge in [0.15, 0.2) is 11.6 Å². The topological polar surface area (TPSA) is 0 Å². The summed E-state index contributed by atoms with van der Waals surface area (Å²) in [5, 5.41) is 0. The number of rotatable bonds is 6. The molecule has 166 valence electrons. The van der Waals surface area contributed by atoms with Crippen LogP contribution in [0.4, 0.5) is 13.2 Å². The van der Waals surface area contributed by atoms with Crippen LogP contribution in [0.2, 0.25) is 0 Å². The predicted octanol–water partition coefficient (Wildman–Crippen LogP) is 8.87. The Balaban J connectivity index is 1.56. The maximum absolute atomic E-state index is 14.9. The molecule has 0 atom stereocenters. The van der Waals surface area contributed by atoms with Crippen LogP contribution in [0.3, 0.4) is 0 Å². The molecule has 0 N–H and O–H groups in total. The van der Waals surface area contributed by atoms with Crippen LogP contribution < -0.4 is 0 Å². The highest BCUT2D eigenvalue weighted by molar-refractivity contribution is 5.74. The Hall–Kier alpha value is -3.59. The molecular formula is C30H25F3. The van der Waals surface area contributed by atoms with E-state index >= 15 is 0 Å². The summed E-state index contributed by atoms with van der Waals surface area (Å²) in [6.07, 6.45) is 5.67. The Morgan fingerprint density at radius 1 is 0.636 bits per heavy atom. The van der Waals surface area contributed by atoms with Gasteiger partial charge in [-0.15, -0.1) is 0 Å². The van der Waals surface area contributed by atoms with Crippen LogP contribution in [0.5, 0.6) is 0 Å². The first-order valence-electron chi connectivity index (χ1n) is 11.1. The van der Waals surface area contributed by atoms with E-state index in [0.29, 0.717) is 16.7 Å². The molecule has 0 saturated carbocycles. The van der Waals surface area contributed by atoms with E-state index in [1.165, 1.54) is 11.6 Å². The molecule has 0 fully saturated rings. The quantitative estimate of drug-likeness (QED) is 0.262. The zero-order chi connectivity index (χ0) is 23.4. The number of benzene rings is 4. The molecule has 4 rings (SSSR count). The molecule has 4 aromatic carbocycles. The molecule has 4 aromatic rings. The molecule has 33 heavy (non-hydrogen) atoms. The van der Waals surface area contributed by atoms with Crippen molar-refractivity contribution in [3.63, 3.8) is 0 Å².